The van der Waals surface area contributed by atoms with Gasteiger partial charge in [-0.1, -0.05) is 18.2 Å². The number of fused-ring (bicyclic) bond motifs is 8. The third-order valence-corrected chi connectivity index (χ3v) is 5.92. The summed E-state index contributed by atoms with van der Waals surface area (Å²) < 4.78 is 16.0. The van der Waals surface area contributed by atoms with Crippen molar-refractivity contribution in [1.29, 1.82) is 0 Å². The second-order valence-electron chi connectivity index (χ2n) is 8.18. The molecule has 0 saturated carbocycles. The zero-order valence-electron chi connectivity index (χ0n) is 18.0. The van der Waals surface area contributed by atoms with Crippen LogP contribution in [-0.4, -0.2) is 12.4 Å². The van der Waals surface area contributed by atoms with E-state index in [-0.39, 0.29) is 0 Å². The van der Waals surface area contributed by atoms with Gasteiger partial charge in [-0.3, -0.25) is 9.98 Å². The quantitative estimate of drug-likeness (QED) is 0.289. The van der Waals surface area contributed by atoms with E-state index in [4.69, 9.17) is 9.05 Å². The van der Waals surface area contributed by atoms with E-state index < -0.39 is 0 Å². The van der Waals surface area contributed by atoms with Gasteiger partial charge in [-0.25, -0.2) is 9.05 Å². The van der Waals surface area contributed by atoms with E-state index in [0.29, 0.717) is 0 Å². The molecule has 2 aromatic heterocycles. The maximum Gasteiger partial charge on any atom is 0.264 e. The first-order valence-electron chi connectivity index (χ1n) is 11.0. The summed E-state index contributed by atoms with van der Waals surface area (Å²) >= 11 is 0. The van der Waals surface area contributed by atoms with Crippen molar-refractivity contribution in [3.63, 3.8) is 0 Å². The molecule has 1 aliphatic heterocycles. The second kappa shape index (κ2) is 7.35. The molecule has 0 spiro atoms. The lowest BCUT2D eigenvalue weighted by Gasteiger charge is -1.98. The molecule has 0 amide bonds. The summed E-state index contributed by atoms with van der Waals surface area (Å²) in [4.78, 5) is 9.37. The van der Waals surface area contributed by atoms with Crippen molar-refractivity contribution < 1.29 is 18.5 Å². The average molecular weight is 442 g/mol. The first-order valence-corrected chi connectivity index (χ1v) is 11.0. The Labute approximate surface area is 194 Å². The molecule has 6 heteroatoms. The summed E-state index contributed by atoms with van der Waals surface area (Å²) in [6.07, 6.45) is 7.63. The molecular formula is C28H18N4O2+2. The van der Waals surface area contributed by atoms with Crippen LogP contribution in [0.1, 0.15) is 11.1 Å². The van der Waals surface area contributed by atoms with Crippen LogP contribution in [0.4, 0.5) is 11.4 Å². The number of aliphatic imine (C=N–C) groups is 2. The van der Waals surface area contributed by atoms with Gasteiger partial charge < -0.3 is 0 Å². The molecule has 6 aromatic rings. The van der Waals surface area contributed by atoms with Gasteiger partial charge in [0.15, 0.2) is 0 Å². The zero-order chi connectivity index (χ0) is 22.5. The van der Waals surface area contributed by atoms with Gasteiger partial charge >= 0.3 is 0 Å². The highest BCUT2D eigenvalue weighted by molar-refractivity contribution is 5.98. The second-order valence-corrected chi connectivity index (χ2v) is 8.18. The predicted octanol–water partition coefficient (Wildman–Crippen LogP) is 5.55. The Hall–Kier alpha value is -4.84. The van der Waals surface area contributed by atoms with Crippen molar-refractivity contribution in [2.75, 3.05) is 0 Å². The van der Waals surface area contributed by atoms with Gasteiger partial charge in [0, 0.05) is 45.2 Å². The summed E-state index contributed by atoms with van der Waals surface area (Å²) in [5, 5.41) is 1.98. The number of hydrogen-bond acceptors (Lipinski definition) is 4. The number of nitrogens with zero attached hydrogens (tertiary/aromatic N) is 4. The van der Waals surface area contributed by atoms with Gasteiger partial charge in [-0.2, -0.15) is 0 Å². The third-order valence-electron chi connectivity index (χ3n) is 5.92. The Morgan fingerprint density at radius 2 is 1.03 bits per heavy atom. The van der Waals surface area contributed by atoms with Crippen molar-refractivity contribution in [3.8, 4) is 11.4 Å². The molecule has 0 unspecified atom stereocenters. The SMILES string of the molecule is C1=Nc2cccc(c2)N=Cc2cccc3c[n+](oc23)-c2cccc(c2)-[n+]2cc3cccc1c3o2. The lowest BCUT2D eigenvalue weighted by Crippen LogP contribution is -2.30. The van der Waals surface area contributed by atoms with Crippen LogP contribution in [0.2, 0.25) is 0 Å². The van der Waals surface area contributed by atoms with Crippen LogP contribution in [0.15, 0.2) is 116 Å². The van der Waals surface area contributed by atoms with Crippen LogP contribution in [0.25, 0.3) is 33.3 Å². The maximum absolute atomic E-state index is 6.24. The van der Waals surface area contributed by atoms with Gasteiger partial charge in [-0.05, 0) is 48.5 Å². The molecule has 0 atom stereocenters. The molecule has 160 valence electrons. The van der Waals surface area contributed by atoms with Gasteiger partial charge in [0.2, 0.25) is 23.6 Å². The number of benzene rings is 4. The Bertz CT molecular complexity index is 1650. The Morgan fingerprint density at radius 1 is 0.529 bits per heavy atom. The van der Waals surface area contributed by atoms with Crippen LogP contribution in [0.3, 0.4) is 0 Å². The lowest BCUT2D eigenvalue weighted by atomic mass is 10.2. The van der Waals surface area contributed by atoms with Gasteiger partial charge in [0.1, 0.15) is 0 Å². The molecule has 8 bridgehead atoms. The van der Waals surface area contributed by atoms with Crippen molar-refractivity contribution >= 4 is 45.7 Å². The van der Waals surface area contributed by atoms with Crippen molar-refractivity contribution in [2.24, 2.45) is 9.98 Å². The standard InChI is InChI=1S/C28H18N4O2/c1-5-19-15-29-23-9-3-10-24(13-23)30-16-20-6-2-8-22-18-32(34-28(20)22)26-12-4-11-25(14-26)31-17-21(7-1)27(19)33-31/h1-18H/q+2. The minimum Gasteiger partial charge on any atom is -0.256 e. The minimum absolute atomic E-state index is 0.771. The van der Waals surface area contributed by atoms with E-state index >= 15 is 0 Å². The van der Waals surface area contributed by atoms with Crippen LogP contribution < -0.4 is 9.48 Å². The number of rotatable bonds is 0. The lowest BCUT2D eigenvalue weighted by molar-refractivity contribution is -0.786. The molecular weight excluding hydrogens is 424 g/mol. The monoisotopic (exact) mass is 442 g/mol. The largest absolute Gasteiger partial charge is 0.264 e. The smallest absolute Gasteiger partial charge is 0.256 e. The van der Waals surface area contributed by atoms with E-state index in [0.717, 1.165) is 55.8 Å². The predicted molar refractivity (Wildman–Crippen MR) is 130 cm³/mol. The zero-order valence-corrected chi connectivity index (χ0v) is 18.0. The molecule has 0 N–H and O–H groups in total. The van der Waals surface area contributed by atoms with E-state index in [9.17, 15) is 0 Å². The van der Waals surface area contributed by atoms with E-state index in [2.05, 4.69) is 9.98 Å². The molecule has 3 heterocycles. The summed E-state index contributed by atoms with van der Waals surface area (Å²) in [6, 6.07) is 27.9. The molecule has 34 heavy (non-hydrogen) atoms. The van der Waals surface area contributed by atoms with Crippen LogP contribution in [-0.2, 0) is 0 Å². The van der Waals surface area contributed by atoms with Crippen LogP contribution >= 0.6 is 0 Å². The first-order chi connectivity index (χ1) is 16.8. The van der Waals surface area contributed by atoms with Crippen molar-refractivity contribution in [2.45, 2.75) is 0 Å². The number of para-hydroxylation sites is 2. The highest BCUT2D eigenvalue weighted by Gasteiger charge is 2.22. The Kier molecular flexibility index (Phi) is 4.04. The summed E-state index contributed by atoms with van der Waals surface area (Å²) in [5.74, 6) is 0. The van der Waals surface area contributed by atoms with Gasteiger partial charge in [-0.15, -0.1) is 0 Å². The Morgan fingerprint density at radius 3 is 1.59 bits per heavy atom. The van der Waals surface area contributed by atoms with E-state index in [1.165, 1.54) is 0 Å². The Balaban J connectivity index is 1.50. The highest BCUT2D eigenvalue weighted by Crippen LogP contribution is 2.24. The molecule has 0 radical (unpaired) electrons. The molecule has 0 aliphatic carbocycles. The number of aromatic nitrogens is 2. The average Bonchev–Trinajstić information content (AvgIpc) is 3.51. The topological polar surface area (TPSA) is 58.8 Å². The number of hydrogen-bond donors (Lipinski definition) is 0. The maximum atomic E-state index is 6.24. The fourth-order valence-corrected chi connectivity index (χ4v) is 4.23. The summed E-state index contributed by atoms with van der Waals surface area (Å²) in [6.45, 7) is 0. The van der Waals surface area contributed by atoms with Gasteiger partial charge in [0.05, 0.1) is 28.2 Å². The molecule has 0 saturated heterocycles. The first kappa shape index (κ1) is 18.7. The fourth-order valence-electron chi connectivity index (χ4n) is 4.23. The van der Waals surface area contributed by atoms with Crippen LogP contribution in [0, 0.1) is 0 Å². The molecule has 1 aliphatic rings. The normalized spacial score (nSPS) is 12.5. The highest BCUT2D eigenvalue weighted by atomic mass is 16.5. The third kappa shape index (κ3) is 3.12. The molecule has 4 aromatic carbocycles. The molecule has 6 nitrogen and oxygen atoms in total. The van der Waals surface area contributed by atoms with Gasteiger partial charge in [0.25, 0.3) is 11.4 Å². The summed E-state index contributed by atoms with van der Waals surface area (Å²) in [7, 11) is 0. The summed E-state index contributed by atoms with van der Waals surface area (Å²) in [5.41, 5.74) is 6.75. The van der Waals surface area contributed by atoms with E-state index in [1.807, 2.05) is 110 Å². The van der Waals surface area contributed by atoms with Crippen LogP contribution in [0.5, 0.6) is 0 Å². The molecule has 7 rings (SSSR count). The fraction of sp³-hybridized carbons (Fsp3) is 0. The van der Waals surface area contributed by atoms with E-state index in [1.54, 1.807) is 9.48 Å². The molecule has 0 fully saturated rings. The van der Waals surface area contributed by atoms with Crippen molar-refractivity contribution in [3.05, 3.63) is 108 Å². The minimum atomic E-state index is 0.771. The van der Waals surface area contributed by atoms with Crippen molar-refractivity contribution in [1.82, 2.24) is 0 Å².